The van der Waals surface area contributed by atoms with E-state index in [4.69, 9.17) is 4.42 Å². The summed E-state index contributed by atoms with van der Waals surface area (Å²) in [4.78, 5) is 2.37. The number of nitrogens with zero attached hydrogens (tertiary/aromatic N) is 1. The van der Waals surface area contributed by atoms with Crippen LogP contribution in [0.3, 0.4) is 0 Å². The summed E-state index contributed by atoms with van der Waals surface area (Å²) >= 11 is 0. The smallest absolute Gasteiger partial charge is 0.135 e. The van der Waals surface area contributed by atoms with Crippen LogP contribution in [-0.2, 0) is 0 Å². The predicted octanol–water partition coefficient (Wildman–Crippen LogP) is 12.7. The minimum absolute atomic E-state index is 0.910. The van der Waals surface area contributed by atoms with Crippen molar-refractivity contribution in [3.8, 4) is 22.3 Å². The first-order valence-electron chi connectivity index (χ1n) is 15.7. The summed E-state index contributed by atoms with van der Waals surface area (Å²) < 4.78 is 6.13. The summed E-state index contributed by atoms with van der Waals surface area (Å²) in [6.45, 7) is 0. The second kappa shape index (κ2) is 10.8. The lowest BCUT2D eigenvalue weighted by molar-refractivity contribution is 0.669. The fourth-order valence-corrected chi connectivity index (χ4v) is 6.89. The number of furan rings is 1. The van der Waals surface area contributed by atoms with Crippen molar-refractivity contribution in [2.24, 2.45) is 0 Å². The third-order valence-electron chi connectivity index (χ3n) is 9.07. The van der Waals surface area contributed by atoms with Gasteiger partial charge in [-0.3, -0.25) is 0 Å². The molecule has 8 aromatic carbocycles. The zero-order valence-electron chi connectivity index (χ0n) is 25.1. The lowest BCUT2D eigenvalue weighted by Gasteiger charge is -2.27. The van der Waals surface area contributed by atoms with Crippen LogP contribution in [0.25, 0.3) is 65.7 Å². The first-order valence-corrected chi connectivity index (χ1v) is 15.7. The highest BCUT2D eigenvalue weighted by Crippen LogP contribution is 2.43. The third kappa shape index (κ3) is 4.35. The Kier molecular flexibility index (Phi) is 6.17. The van der Waals surface area contributed by atoms with E-state index in [9.17, 15) is 0 Å². The van der Waals surface area contributed by atoms with Gasteiger partial charge in [0.15, 0.2) is 0 Å². The van der Waals surface area contributed by atoms with Crippen LogP contribution in [0, 0.1) is 0 Å². The molecule has 9 rings (SSSR count). The summed E-state index contributed by atoms with van der Waals surface area (Å²) in [5, 5.41) is 7.20. The molecule has 0 spiro atoms. The van der Waals surface area contributed by atoms with E-state index in [0.29, 0.717) is 0 Å². The van der Waals surface area contributed by atoms with Crippen molar-refractivity contribution in [2.45, 2.75) is 0 Å². The van der Waals surface area contributed by atoms with Crippen LogP contribution in [0.1, 0.15) is 0 Å². The van der Waals surface area contributed by atoms with Crippen LogP contribution < -0.4 is 4.90 Å². The SMILES string of the molecule is c1ccc(N(c2ccc(-c3cccc4ccccc34)cc2)c2ccc(-c3ccc4oc5ccccc5c4c3)c3ccccc23)cc1. The quantitative estimate of drug-likeness (QED) is 0.199. The summed E-state index contributed by atoms with van der Waals surface area (Å²) in [6, 6.07) is 62.8. The minimum Gasteiger partial charge on any atom is -0.456 e. The molecule has 0 N–H and O–H groups in total. The fourth-order valence-electron chi connectivity index (χ4n) is 6.89. The summed E-state index contributed by atoms with van der Waals surface area (Å²) in [6.07, 6.45) is 0. The van der Waals surface area contributed by atoms with Gasteiger partial charge >= 0.3 is 0 Å². The van der Waals surface area contributed by atoms with Crippen molar-refractivity contribution < 1.29 is 4.42 Å². The van der Waals surface area contributed by atoms with Gasteiger partial charge in [0, 0.05) is 27.5 Å². The number of para-hydroxylation sites is 2. The number of anilines is 3. The molecule has 0 unspecified atom stereocenters. The lowest BCUT2D eigenvalue weighted by Crippen LogP contribution is -2.10. The second-order valence-corrected chi connectivity index (χ2v) is 11.7. The molecule has 1 aromatic heterocycles. The van der Waals surface area contributed by atoms with Crippen LogP contribution in [-0.4, -0.2) is 0 Å². The van der Waals surface area contributed by atoms with E-state index < -0.39 is 0 Å². The highest BCUT2D eigenvalue weighted by Gasteiger charge is 2.18. The Hall–Kier alpha value is -6.12. The minimum atomic E-state index is 0.910. The normalized spacial score (nSPS) is 11.5. The molecule has 46 heavy (non-hydrogen) atoms. The van der Waals surface area contributed by atoms with Crippen LogP contribution in [0.4, 0.5) is 17.1 Å². The Morgan fingerprint density at radius 1 is 0.348 bits per heavy atom. The molecule has 0 atom stereocenters. The third-order valence-corrected chi connectivity index (χ3v) is 9.07. The molecular formula is C44H29NO. The van der Waals surface area contributed by atoms with Gasteiger partial charge in [-0.15, -0.1) is 0 Å². The van der Waals surface area contributed by atoms with Gasteiger partial charge in [-0.25, -0.2) is 0 Å². The van der Waals surface area contributed by atoms with Gasteiger partial charge < -0.3 is 9.32 Å². The van der Waals surface area contributed by atoms with Gasteiger partial charge in [0.25, 0.3) is 0 Å². The van der Waals surface area contributed by atoms with Crippen molar-refractivity contribution >= 4 is 60.5 Å². The summed E-state index contributed by atoms with van der Waals surface area (Å²) in [7, 11) is 0. The molecule has 2 nitrogen and oxygen atoms in total. The maximum absolute atomic E-state index is 6.13. The van der Waals surface area contributed by atoms with E-state index in [2.05, 4.69) is 169 Å². The topological polar surface area (TPSA) is 16.4 Å². The molecule has 0 saturated carbocycles. The standard InChI is InChI=1S/C44H29NO/c1-2-13-33(14-3-1)45(34-24-21-31(22-25-34)36-19-10-12-30-11-4-5-15-35(30)36)42-27-26-37(38-16-6-7-17-39(38)42)32-23-28-44-41(29-32)40-18-8-9-20-43(40)46-44/h1-29H. The largest absolute Gasteiger partial charge is 0.456 e. The Labute approximate surface area is 267 Å². The van der Waals surface area contributed by atoms with Gasteiger partial charge in [-0.05, 0) is 86.9 Å². The van der Waals surface area contributed by atoms with Crippen molar-refractivity contribution in [3.05, 3.63) is 176 Å². The maximum atomic E-state index is 6.13. The zero-order valence-corrected chi connectivity index (χ0v) is 25.1. The molecule has 0 fully saturated rings. The second-order valence-electron chi connectivity index (χ2n) is 11.7. The molecule has 0 radical (unpaired) electrons. The van der Waals surface area contributed by atoms with E-state index in [0.717, 1.165) is 39.0 Å². The molecule has 216 valence electrons. The lowest BCUT2D eigenvalue weighted by atomic mass is 9.95. The molecule has 0 aliphatic rings. The molecule has 2 heteroatoms. The van der Waals surface area contributed by atoms with Crippen LogP contribution in [0.5, 0.6) is 0 Å². The van der Waals surface area contributed by atoms with Crippen LogP contribution in [0.2, 0.25) is 0 Å². The predicted molar refractivity (Wildman–Crippen MR) is 194 cm³/mol. The molecule has 0 aliphatic carbocycles. The van der Waals surface area contributed by atoms with Crippen molar-refractivity contribution in [2.75, 3.05) is 4.90 Å². The van der Waals surface area contributed by atoms with Gasteiger partial charge in [-0.1, -0.05) is 127 Å². The maximum Gasteiger partial charge on any atom is 0.135 e. The van der Waals surface area contributed by atoms with Crippen molar-refractivity contribution in [3.63, 3.8) is 0 Å². The fraction of sp³-hybridized carbons (Fsp3) is 0. The number of hydrogen-bond donors (Lipinski definition) is 0. The van der Waals surface area contributed by atoms with E-state index in [-0.39, 0.29) is 0 Å². The Bertz CT molecular complexity index is 2520. The average Bonchev–Trinajstić information content (AvgIpc) is 3.50. The number of hydrogen-bond acceptors (Lipinski definition) is 2. The Balaban J connectivity index is 1.19. The van der Waals surface area contributed by atoms with E-state index in [1.165, 1.54) is 43.8 Å². The van der Waals surface area contributed by atoms with Gasteiger partial charge in [0.1, 0.15) is 11.2 Å². The van der Waals surface area contributed by atoms with Crippen LogP contribution >= 0.6 is 0 Å². The van der Waals surface area contributed by atoms with Crippen molar-refractivity contribution in [1.82, 2.24) is 0 Å². The van der Waals surface area contributed by atoms with E-state index in [1.807, 2.05) is 12.1 Å². The summed E-state index contributed by atoms with van der Waals surface area (Å²) in [5.41, 5.74) is 10.0. The first kappa shape index (κ1) is 26.3. The van der Waals surface area contributed by atoms with Gasteiger partial charge in [-0.2, -0.15) is 0 Å². The molecule has 0 aliphatic heterocycles. The van der Waals surface area contributed by atoms with Gasteiger partial charge in [0.05, 0.1) is 5.69 Å². The molecular weight excluding hydrogens is 558 g/mol. The molecule has 9 aromatic rings. The average molecular weight is 588 g/mol. The number of benzene rings is 8. The highest BCUT2D eigenvalue weighted by atomic mass is 16.3. The number of fused-ring (bicyclic) bond motifs is 5. The molecule has 1 heterocycles. The highest BCUT2D eigenvalue weighted by molar-refractivity contribution is 6.10. The Morgan fingerprint density at radius 3 is 1.80 bits per heavy atom. The monoisotopic (exact) mass is 587 g/mol. The molecule has 0 bridgehead atoms. The first-order chi connectivity index (χ1) is 22.8. The zero-order chi connectivity index (χ0) is 30.5. The molecule has 0 amide bonds. The van der Waals surface area contributed by atoms with Crippen molar-refractivity contribution in [1.29, 1.82) is 0 Å². The van der Waals surface area contributed by atoms with Crippen LogP contribution in [0.15, 0.2) is 180 Å². The number of rotatable bonds is 5. The summed E-state index contributed by atoms with van der Waals surface area (Å²) in [5.74, 6) is 0. The van der Waals surface area contributed by atoms with Gasteiger partial charge in [0.2, 0.25) is 0 Å². The van der Waals surface area contributed by atoms with E-state index in [1.54, 1.807) is 0 Å². The van der Waals surface area contributed by atoms with E-state index >= 15 is 0 Å². The molecule has 0 saturated heterocycles. The Morgan fingerprint density at radius 2 is 0.957 bits per heavy atom.